The maximum atomic E-state index is 11.1. The molecule has 0 fully saturated rings. The summed E-state index contributed by atoms with van der Waals surface area (Å²) < 4.78 is 0. The van der Waals surface area contributed by atoms with Crippen LogP contribution < -0.4 is 5.32 Å². The molecule has 0 aliphatic rings. The van der Waals surface area contributed by atoms with Crippen molar-refractivity contribution in [2.45, 2.75) is 46.2 Å². The quantitative estimate of drug-likeness (QED) is 0.770. The fourth-order valence-corrected chi connectivity index (χ4v) is 1.65. The van der Waals surface area contributed by atoms with Gasteiger partial charge in [0.25, 0.3) is 0 Å². The number of aliphatic carboxylic acids is 1. The molecule has 0 unspecified atom stereocenters. The lowest BCUT2D eigenvalue weighted by Crippen LogP contribution is -2.41. The van der Waals surface area contributed by atoms with Crippen molar-refractivity contribution in [1.82, 2.24) is 15.3 Å². The van der Waals surface area contributed by atoms with Crippen LogP contribution in [0.3, 0.4) is 0 Å². The molecule has 1 aromatic heterocycles. The van der Waals surface area contributed by atoms with Crippen LogP contribution in [0.25, 0.3) is 0 Å². The normalized spacial score (nSPS) is 14.2. The zero-order valence-corrected chi connectivity index (χ0v) is 11.2. The highest BCUT2D eigenvalue weighted by atomic mass is 16.4. The van der Waals surface area contributed by atoms with Gasteiger partial charge in [-0.1, -0.05) is 27.2 Å². The molecule has 0 spiro atoms. The Morgan fingerprint density at radius 1 is 1.39 bits per heavy atom. The van der Waals surface area contributed by atoms with Crippen molar-refractivity contribution < 1.29 is 9.90 Å². The molecule has 5 heteroatoms. The Hall–Kier alpha value is -1.49. The second-order valence-corrected chi connectivity index (χ2v) is 4.44. The third-order valence-electron chi connectivity index (χ3n) is 3.08. The molecule has 1 heterocycles. The maximum Gasteiger partial charge on any atom is 0.320 e. The van der Waals surface area contributed by atoms with Crippen LogP contribution in [0.5, 0.6) is 0 Å². The Balaban J connectivity index is 2.58. The van der Waals surface area contributed by atoms with Gasteiger partial charge in [-0.2, -0.15) is 0 Å². The fourth-order valence-electron chi connectivity index (χ4n) is 1.65. The Bertz CT molecular complexity index is 378. The third-order valence-corrected chi connectivity index (χ3v) is 3.08. The molecule has 0 radical (unpaired) electrons. The molecule has 1 aromatic rings. The molecule has 2 atom stereocenters. The molecule has 2 N–H and O–H groups in total. The summed E-state index contributed by atoms with van der Waals surface area (Å²) in [5.41, 5.74) is 0.904. The summed E-state index contributed by atoms with van der Waals surface area (Å²) >= 11 is 0. The number of carbonyl (C=O) groups is 1. The third kappa shape index (κ3) is 4.07. The van der Waals surface area contributed by atoms with Gasteiger partial charge in [-0.05, 0) is 5.92 Å². The van der Waals surface area contributed by atoms with E-state index in [1.54, 1.807) is 12.4 Å². The van der Waals surface area contributed by atoms with E-state index in [1.165, 1.54) is 0 Å². The predicted octanol–water partition coefficient (Wildman–Crippen LogP) is 1.63. The average Bonchev–Trinajstić information content (AvgIpc) is 2.39. The SMILES string of the molecule is CCc1ncc(CN[C@H](C(=O)O)[C@H](C)CC)cn1. The van der Waals surface area contributed by atoms with E-state index >= 15 is 0 Å². The van der Waals surface area contributed by atoms with Gasteiger partial charge in [-0.3, -0.25) is 10.1 Å². The minimum atomic E-state index is -0.810. The highest BCUT2D eigenvalue weighted by Crippen LogP contribution is 2.09. The van der Waals surface area contributed by atoms with Crippen molar-refractivity contribution in [3.05, 3.63) is 23.8 Å². The van der Waals surface area contributed by atoms with Gasteiger partial charge in [0.1, 0.15) is 11.9 Å². The zero-order valence-electron chi connectivity index (χ0n) is 11.2. The van der Waals surface area contributed by atoms with Crippen molar-refractivity contribution >= 4 is 5.97 Å². The highest BCUT2D eigenvalue weighted by Gasteiger charge is 2.22. The summed E-state index contributed by atoms with van der Waals surface area (Å²) in [7, 11) is 0. The lowest BCUT2D eigenvalue weighted by atomic mass is 9.99. The molecule has 0 saturated heterocycles. The summed E-state index contributed by atoms with van der Waals surface area (Å²) in [6.45, 7) is 6.39. The molecule has 18 heavy (non-hydrogen) atoms. The standard InChI is InChI=1S/C13H21N3O2/c1-4-9(3)12(13(17)18)16-8-10-6-14-11(5-2)15-7-10/h6-7,9,12,16H,4-5,8H2,1-3H3,(H,17,18)/t9-,12+/m1/s1. The molecule has 0 saturated carbocycles. The smallest absolute Gasteiger partial charge is 0.320 e. The molecule has 0 aliphatic heterocycles. The van der Waals surface area contributed by atoms with Gasteiger partial charge in [0.15, 0.2) is 0 Å². The lowest BCUT2D eigenvalue weighted by molar-refractivity contribution is -0.140. The fraction of sp³-hybridized carbons (Fsp3) is 0.615. The molecular weight excluding hydrogens is 230 g/mol. The minimum absolute atomic E-state index is 0.0957. The van der Waals surface area contributed by atoms with Gasteiger partial charge >= 0.3 is 5.97 Å². The maximum absolute atomic E-state index is 11.1. The highest BCUT2D eigenvalue weighted by molar-refractivity contribution is 5.73. The summed E-state index contributed by atoms with van der Waals surface area (Å²) in [6.07, 6.45) is 5.12. The molecule has 0 aliphatic carbocycles. The first-order valence-corrected chi connectivity index (χ1v) is 6.34. The molecule has 0 bridgehead atoms. The summed E-state index contributed by atoms with van der Waals surface area (Å²) in [5.74, 6) is 0.0873. The van der Waals surface area contributed by atoms with E-state index in [0.29, 0.717) is 6.54 Å². The summed E-state index contributed by atoms with van der Waals surface area (Å²) in [6, 6.07) is -0.527. The largest absolute Gasteiger partial charge is 0.480 e. The second kappa shape index (κ2) is 7.06. The van der Waals surface area contributed by atoms with Crippen LogP contribution in [0.2, 0.25) is 0 Å². The zero-order chi connectivity index (χ0) is 13.5. The van der Waals surface area contributed by atoms with Crippen LogP contribution in [0.4, 0.5) is 0 Å². The summed E-state index contributed by atoms with van der Waals surface area (Å²) in [5, 5.41) is 12.2. The number of hydrogen-bond donors (Lipinski definition) is 2. The number of rotatable bonds is 7. The molecular formula is C13H21N3O2. The molecule has 1 rings (SSSR count). The first-order valence-electron chi connectivity index (χ1n) is 6.34. The Morgan fingerprint density at radius 2 is 2.00 bits per heavy atom. The number of aryl methyl sites for hydroxylation is 1. The monoisotopic (exact) mass is 251 g/mol. The first kappa shape index (κ1) is 14.6. The molecule has 0 amide bonds. The second-order valence-electron chi connectivity index (χ2n) is 4.44. The van der Waals surface area contributed by atoms with Crippen LogP contribution in [-0.2, 0) is 17.8 Å². The number of aromatic nitrogens is 2. The molecule has 100 valence electrons. The topological polar surface area (TPSA) is 75.1 Å². The Labute approximate surface area is 108 Å². The first-order chi connectivity index (χ1) is 8.58. The number of nitrogens with zero attached hydrogens (tertiary/aromatic N) is 2. The number of carboxylic acid groups (broad SMARTS) is 1. The Kier molecular flexibility index (Phi) is 5.71. The van der Waals surface area contributed by atoms with E-state index in [2.05, 4.69) is 15.3 Å². The minimum Gasteiger partial charge on any atom is -0.480 e. The van der Waals surface area contributed by atoms with E-state index < -0.39 is 12.0 Å². The molecule has 5 nitrogen and oxygen atoms in total. The van der Waals surface area contributed by atoms with Crippen LogP contribution >= 0.6 is 0 Å². The van der Waals surface area contributed by atoms with Crippen molar-refractivity contribution in [3.63, 3.8) is 0 Å². The van der Waals surface area contributed by atoms with Gasteiger partial charge in [0.05, 0.1) is 0 Å². The predicted molar refractivity (Wildman–Crippen MR) is 69.1 cm³/mol. The van der Waals surface area contributed by atoms with Crippen LogP contribution in [-0.4, -0.2) is 27.1 Å². The van der Waals surface area contributed by atoms with Gasteiger partial charge in [-0.25, -0.2) is 9.97 Å². The number of carboxylic acids is 1. The van der Waals surface area contributed by atoms with Gasteiger partial charge < -0.3 is 5.11 Å². The van der Waals surface area contributed by atoms with Crippen molar-refractivity contribution in [3.8, 4) is 0 Å². The average molecular weight is 251 g/mol. The van der Waals surface area contributed by atoms with Crippen LogP contribution in [0.1, 0.15) is 38.6 Å². The van der Waals surface area contributed by atoms with E-state index in [-0.39, 0.29) is 5.92 Å². The van der Waals surface area contributed by atoms with E-state index in [9.17, 15) is 4.79 Å². The van der Waals surface area contributed by atoms with Gasteiger partial charge in [0, 0.05) is 30.9 Å². The lowest BCUT2D eigenvalue weighted by Gasteiger charge is -2.20. The van der Waals surface area contributed by atoms with Crippen LogP contribution in [0, 0.1) is 5.92 Å². The summed E-state index contributed by atoms with van der Waals surface area (Å²) in [4.78, 5) is 19.5. The van der Waals surface area contributed by atoms with Gasteiger partial charge in [-0.15, -0.1) is 0 Å². The van der Waals surface area contributed by atoms with Crippen molar-refractivity contribution in [1.29, 1.82) is 0 Å². The molecule has 0 aromatic carbocycles. The van der Waals surface area contributed by atoms with Gasteiger partial charge in [0.2, 0.25) is 0 Å². The van der Waals surface area contributed by atoms with E-state index in [4.69, 9.17) is 5.11 Å². The van der Waals surface area contributed by atoms with Crippen LogP contribution in [0.15, 0.2) is 12.4 Å². The number of hydrogen-bond acceptors (Lipinski definition) is 4. The van der Waals surface area contributed by atoms with E-state index in [1.807, 2.05) is 20.8 Å². The van der Waals surface area contributed by atoms with Crippen molar-refractivity contribution in [2.24, 2.45) is 5.92 Å². The van der Waals surface area contributed by atoms with Crippen molar-refractivity contribution in [2.75, 3.05) is 0 Å². The number of nitrogens with one attached hydrogen (secondary N) is 1. The van der Waals surface area contributed by atoms with E-state index in [0.717, 1.165) is 24.2 Å². The Morgan fingerprint density at radius 3 is 2.44 bits per heavy atom.